The number of halogens is 3. The van der Waals surface area contributed by atoms with E-state index in [-0.39, 0.29) is 6.54 Å². The van der Waals surface area contributed by atoms with Gasteiger partial charge in [0.15, 0.2) is 0 Å². The third-order valence-corrected chi connectivity index (χ3v) is 6.10. The summed E-state index contributed by atoms with van der Waals surface area (Å²) in [6.45, 7) is 2.29. The molecule has 1 aliphatic heterocycles. The van der Waals surface area contributed by atoms with Crippen LogP contribution in [0.25, 0.3) is 6.08 Å². The summed E-state index contributed by atoms with van der Waals surface area (Å²) < 4.78 is 21.5. The highest BCUT2D eigenvalue weighted by molar-refractivity contribution is 14.1. The Kier molecular flexibility index (Phi) is 6.79. The van der Waals surface area contributed by atoms with Crippen LogP contribution < -0.4 is 4.74 Å². The molecule has 1 saturated heterocycles. The van der Waals surface area contributed by atoms with Crippen LogP contribution in [0.15, 0.2) is 41.3 Å². The maximum Gasteiger partial charge on any atom is 0.293 e. The van der Waals surface area contributed by atoms with Gasteiger partial charge >= 0.3 is 0 Å². The summed E-state index contributed by atoms with van der Waals surface area (Å²) in [5, 5.41) is -0.409. The van der Waals surface area contributed by atoms with Crippen LogP contribution in [0.3, 0.4) is 0 Å². The zero-order valence-electron chi connectivity index (χ0n) is 14.2. The summed E-state index contributed by atoms with van der Waals surface area (Å²) >= 11 is 5.23. The molecule has 140 valence electrons. The Morgan fingerprint density at radius 3 is 2.67 bits per heavy atom. The lowest BCUT2D eigenvalue weighted by molar-refractivity contribution is -0.123. The van der Waals surface area contributed by atoms with Crippen molar-refractivity contribution in [3.05, 3.63) is 65.4 Å². The van der Waals surface area contributed by atoms with Gasteiger partial charge in [0.05, 0.1) is 21.6 Å². The minimum atomic E-state index is -0.439. The fourth-order valence-electron chi connectivity index (χ4n) is 2.56. The SMILES string of the molecule is CCOc1c(I)cc(I)cc1/C=C1/SC(=O)N(Cc2ccccc2F)C1=O. The van der Waals surface area contributed by atoms with Gasteiger partial charge in [-0.3, -0.25) is 14.5 Å². The van der Waals surface area contributed by atoms with E-state index < -0.39 is 17.0 Å². The fraction of sp³-hybridized carbons (Fsp3) is 0.158. The van der Waals surface area contributed by atoms with E-state index >= 15 is 0 Å². The first-order chi connectivity index (χ1) is 12.9. The number of thioether (sulfide) groups is 1. The van der Waals surface area contributed by atoms with Gasteiger partial charge in [-0.2, -0.15) is 0 Å². The summed E-state index contributed by atoms with van der Waals surface area (Å²) in [5.41, 5.74) is 1.05. The zero-order chi connectivity index (χ0) is 19.6. The summed E-state index contributed by atoms with van der Waals surface area (Å²) in [7, 11) is 0. The maximum absolute atomic E-state index is 13.9. The molecule has 2 aromatic carbocycles. The molecule has 2 amide bonds. The van der Waals surface area contributed by atoms with Crippen molar-refractivity contribution in [3.8, 4) is 5.75 Å². The van der Waals surface area contributed by atoms with Crippen molar-refractivity contribution in [1.82, 2.24) is 4.90 Å². The minimum Gasteiger partial charge on any atom is -0.492 e. The molecule has 4 nitrogen and oxygen atoms in total. The van der Waals surface area contributed by atoms with Crippen LogP contribution in [-0.2, 0) is 11.3 Å². The molecular weight excluding hydrogens is 595 g/mol. The van der Waals surface area contributed by atoms with Crippen LogP contribution in [0.1, 0.15) is 18.1 Å². The van der Waals surface area contributed by atoms with Gasteiger partial charge in [0.1, 0.15) is 11.6 Å². The van der Waals surface area contributed by atoms with E-state index in [9.17, 15) is 14.0 Å². The van der Waals surface area contributed by atoms with Gasteiger partial charge < -0.3 is 4.74 Å². The first kappa shape index (κ1) is 20.6. The average Bonchev–Trinajstić information content (AvgIpc) is 2.87. The normalized spacial score (nSPS) is 15.7. The summed E-state index contributed by atoms with van der Waals surface area (Å²) in [6, 6.07) is 10.0. The number of rotatable bonds is 5. The molecule has 1 aliphatic rings. The number of amides is 2. The van der Waals surface area contributed by atoms with E-state index in [1.54, 1.807) is 24.3 Å². The fourth-order valence-corrected chi connectivity index (χ4v) is 5.43. The van der Waals surface area contributed by atoms with Crippen molar-refractivity contribution in [2.75, 3.05) is 6.61 Å². The number of carbonyl (C=O) groups excluding carboxylic acids is 2. The van der Waals surface area contributed by atoms with Crippen LogP contribution in [0.5, 0.6) is 5.75 Å². The molecule has 3 rings (SSSR count). The lowest BCUT2D eigenvalue weighted by atomic mass is 10.1. The molecule has 2 aromatic rings. The van der Waals surface area contributed by atoms with Crippen LogP contribution >= 0.6 is 56.9 Å². The van der Waals surface area contributed by atoms with Gasteiger partial charge in [-0.25, -0.2) is 4.39 Å². The van der Waals surface area contributed by atoms with Crippen molar-refractivity contribution < 1.29 is 18.7 Å². The van der Waals surface area contributed by atoms with Gasteiger partial charge in [0.2, 0.25) is 0 Å². The van der Waals surface area contributed by atoms with E-state index in [0.717, 1.165) is 29.4 Å². The second-order valence-electron chi connectivity index (χ2n) is 5.60. The number of hydrogen-bond acceptors (Lipinski definition) is 4. The van der Waals surface area contributed by atoms with Gasteiger partial charge in [-0.15, -0.1) is 0 Å². The molecule has 1 fully saturated rings. The van der Waals surface area contributed by atoms with Crippen molar-refractivity contribution in [2.24, 2.45) is 0 Å². The number of ether oxygens (including phenoxy) is 1. The molecule has 1 heterocycles. The largest absolute Gasteiger partial charge is 0.492 e. The standard InChI is InChI=1S/C19H14FI2NO3S/c1-2-26-17-12(7-13(21)9-15(17)22)8-16-18(24)23(19(25)27-16)10-11-5-3-4-6-14(11)20/h3-9H,2,10H2,1H3/b16-8+. The van der Waals surface area contributed by atoms with Gasteiger partial charge in [-0.05, 0) is 88.1 Å². The Hall–Kier alpha value is -1.14. The molecule has 0 atom stereocenters. The first-order valence-electron chi connectivity index (χ1n) is 8.01. The molecule has 0 aliphatic carbocycles. The third-order valence-electron chi connectivity index (χ3n) is 3.77. The quantitative estimate of drug-likeness (QED) is 0.324. The third kappa shape index (κ3) is 4.65. The van der Waals surface area contributed by atoms with E-state index in [4.69, 9.17) is 4.74 Å². The van der Waals surface area contributed by atoms with Crippen LogP contribution in [0.2, 0.25) is 0 Å². The molecule has 0 N–H and O–H groups in total. The molecule has 0 bridgehead atoms. The molecule has 0 radical (unpaired) electrons. The molecule has 8 heteroatoms. The van der Waals surface area contributed by atoms with Crippen molar-refractivity contribution in [3.63, 3.8) is 0 Å². The Labute approximate surface area is 187 Å². The van der Waals surface area contributed by atoms with E-state index in [1.165, 1.54) is 6.07 Å². The highest BCUT2D eigenvalue weighted by Gasteiger charge is 2.35. The van der Waals surface area contributed by atoms with Crippen molar-refractivity contribution in [1.29, 1.82) is 0 Å². The first-order valence-corrected chi connectivity index (χ1v) is 11.0. The molecule has 0 aromatic heterocycles. The predicted octanol–water partition coefficient (Wildman–Crippen LogP) is 5.67. The minimum absolute atomic E-state index is 0.0865. The Morgan fingerprint density at radius 2 is 1.96 bits per heavy atom. The lowest BCUT2D eigenvalue weighted by Gasteiger charge is -2.13. The molecule has 0 unspecified atom stereocenters. The monoisotopic (exact) mass is 609 g/mol. The van der Waals surface area contributed by atoms with Crippen LogP contribution in [0, 0.1) is 13.0 Å². The Morgan fingerprint density at radius 1 is 1.22 bits per heavy atom. The van der Waals surface area contributed by atoms with Crippen LogP contribution in [-0.4, -0.2) is 22.7 Å². The van der Waals surface area contributed by atoms with E-state index in [1.807, 2.05) is 19.1 Å². The van der Waals surface area contributed by atoms with Crippen LogP contribution in [0.4, 0.5) is 9.18 Å². The Bertz CT molecular complexity index is 949. The second kappa shape index (κ2) is 8.91. The maximum atomic E-state index is 13.9. The molecule has 27 heavy (non-hydrogen) atoms. The lowest BCUT2D eigenvalue weighted by Crippen LogP contribution is -2.27. The summed E-state index contributed by atoms with van der Waals surface area (Å²) in [4.78, 5) is 26.4. The number of carbonyl (C=O) groups is 2. The number of hydrogen-bond donors (Lipinski definition) is 0. The second-order valence-corrected chi connectivity index (χ2v) is 9.00. The topological polar surface area (TPSA) is 46.6 Å². The molecule has 0 saturated carbocycles. The smallest absolute Gasteiger partial charge is 0.293 e. The molecule has 0 spiro atoms. The summed E-state index contributed by atoms with van der Waals surface area (Å²) in [6.07, 6.45) is 1.67. The van der Waals surface area contributed by atoms with E-state index in [2.05, 4.69) is 45.2 Å². The van der Waals surface area contributed by atoms with Gasteiger partial charge in [-0.1, -0.05) is 18.2 Å². The highest BCUT2D eigenvalue weighted by atomic mass is 127. The van der Waals surface area contributed by atoms with Crippen molar-refractivity contribution in [2.45, 2.75) is 13.5 Å². The van der Waals surface area contributed by atoms with Gasteiger partial charge in [0, 0.05) is 14.7 Å². The Balaban J connectivity index is 1.92. The number of nitrogens with zero attached hydrogens (tertiary/aromatic N) is 1. The van der Waals surface area contributed by atoms with Gasteiger partial charge in [0.25, 0.3) is 11.1 Å². The molecular formula is C19H14FI2NO3S. The zero-order valence-corrected chi connectivity index (χ0v) is 19.3. The summed E-state index contributed by atoms with van der Waals surface area (Å²) in [5.74, 6) is -0.185. The predicted molar refractivity (Wildman–Crippen MR) is 121 cm³/mol. The van der Waals surface area contributed by atoms with E-state index in [0.29, 0.717) is 22.8 Å². The van der Waals surface area contributed by atoms with Crippen molar-refractivity contribution >= 4 is 74.2 Å². The number of imide groups is 1. The average molecular weight is 609 g/mol. The number of benzene rings is 2. The highest BCUT2D eigenvalue weighted by Crippen LogP contribution is 2.37.